The molecule has 0 aliphatic carbocycles. The first-order chi connectivity index (χ1) is 24.3. The molecule has 0 bridgehead atoms. The summed E-state index contributed by atoms with van der Waals surface area (Å²) in [7, 11) is 0. The Balaban J connectivity index is 1.31. The van der Waals surface area contributed by atoms with Crippen molar-refractivity contribution in [1.82, 2.24) is 0 Å². The number of hydrogen-bond acceptors (Lipinski definition) is 3. The minimum atomic E-state index is 0.871. The predicted molar refractivity (Wildman–Crippen MR) is 210 cm³/mol. The zero-order valence-corrected chi connectivity index (χ0v) is 27.3. The highest BCUT2D eigenvalue weighted by atomic mass is 32.1. The molecule has 0 saturated carbocycles. The highest BCUT2D eigenvalue weighted by Gasteiger charge is 2.24. The molecule has 0 unspecified atom stereocenters. The maximum Gasteiger partial charge on any atom is 0.138 e. The van der Waals surface area contributed by atoms with E-state index in [2.05, 4.69) is 181 Å². The number of anilines is 3. The Morgan fingerprint density at radius 2 is 1.04 bits per heavy atom. The van der Waals surface area contributed by atoms with E-state index >= 15 is 0 Å². The van der Waals surface area contributed by atoms with Gasteiger partial charge in [-0.15, -0.1) is 11.3 Å². The van der Waals surface area contributed by atoms with E-state index in [1.54, 1.807) is 0 Å². The minimum absolute atomic E-state index is 0.871. The Hall–Kier alpha value is -6.16. The molecular weight excluding hydrogens is 615 g/mol. The van der Waals surface area contributed by atoms with E-state index < -0.39 is 0 Å². The van der Waals surface area contributed by atoms with Crippen LogP contribution in [0, 0.1) is 0 Å². The van der Waals surface area contributed by atoms with Gasteiger partial charge in [-0.2, -0.15) is 0 Å². The molecule has 0 amide bonds. The van der Waals surface area contributed by atoms with Gasteiger partial charge in [0.2, 0.25) is 0 Å². The fourth-order valence-corrected chi connectivity index (χ4v) is 8.50. The summed E-state index contributed by atoms with van der Waals surface area (Å²) >= 11 is 1.85. The predicted octanol–water partition coefficient (Wildman–Crippen LogP) is 13.9. The number of rotatable bonds is 5. The molecule has 0 spiro atoms. The third-order valence-electron chi connectivity index (χ3n) is 9.62. The Kier molecular flexibility index (Phi) is 6.39. The summed E-state index contributed by atoms with van der Waals surface area (Å²) in [4.78, 5) is 2.45. The lowest BCUT2D eigenvalue weighted by Gasteiger charge is -2.27. The van der Waals surface area contributed by atoms with Gasteiger partial charge in [0.15, 0.2) is 0 Å². The zero-order valence-electron chi connectivity index (χ0n) is 26.5. The SMILES string of the molecule is c1ccc(-c2ccc(N(c3cccc4c3sc3ccccc34)c3cc(-c4ccccc4)cc4oc5cc6ccccc6cc5c34)cc2)cc1. The maximum atomic E-state index is 6.77. The smallest absolute Gasteiger partial charge is 0.138 e. The van der Waals surface area contributed by atoms with Crippen LogP contribution in [-0.2, 0) is 0 Å². The van der Waals surface area contributed by atoms with Crippen LogP contribution in [0.5, 0.6) is 0 Å². The van der Waals surface area contributed by atoms with Crippen LogP contribution in [0.1, 0.15) is 0 Å². The second-order valence-corrected chi connectivity index (χ2v) is 13.6. The lowest BCUT2D eigenvalue weighted by Crippen LogP contribution is -2.10. The Morgan fingerprint density at radius 3 is 1.82 bits per heavy atom. The van der Waals surface area contributed by atoms with Gasteiger partial charge in [-0.25, -0.2) is 0 Å². The van der Waals surface area contributed by atoms with Crippen LogP contribution in [0.2, 0.25) is 0 Å². The molecule has 0 aliphatic heterocycles. The van der Waals surface area contributed by atoms with Crippen molar-refractivity contribution in [2.24, 2.45) is 0 Å². The Bertz CT molecular complexity index is 2810. The van der Waals surface area contributed by atoms with Crippen molar-refractivity contribution in [3.63, 3.8) is 0 Å². The average molecular weight is 644 g/mol. The van der Waals surface area contributed by atoms with Gasteiger partial charge in [-0.3, -0.25) is 0 Å². The highest BCUT2D eigenvalue weighted by molar-refractivity contribution is 7.26. The number of fused-ring (bicyclic) bond motifs is 7. The monoisotopic (exact) mass is 643 g/mol. The van der Waals surface area contributed by atoms with Crippen LogP contribution in [-0.4, -0.2) is 0 Å². The molecule has 0 atom stereocenters. The van der Waals surface area contributed by atoms with Crippen LogP contribution >= 0.6 is 11.3 Å². The Labute approximate surface area is 287 Å². The summed E-state index contributed by atoms with van der Waals surface area (Å²) < 4.78 is 9.32. The van der Waals surface area contributed by atoms with E-state index in [1.807, 2.05) is 11.3 Å². The van der Waals surface area contributed by atoms with Crippen LogP contribution in [0.3, 0.4) is 0 Å². The average Bonchev–Trinajstić information content (AvgIpc) is 3.73. The van der Waals surface area contributed by atoms with E-state index in [0.717, 1.165) is 50.1 Å². The third-order valence-corrected chi connectivity index (χ3v) is 10.8. The van der Waals surface area contributed by atoms with Crippen LogP contribution in [0.15, 0.2) is 180 Å². The third kappa shape index (κ3) is 4.62. The molecule has 49 heavy (non-hydrogen) atoms. The van der Waals surface area contributed by atoms with E-state index in [1.165, 1.54) is 42.1 Å². The highest BCUT2D eigenvalue weighted by Crippen LogP contribution is 2.49. The van der Waals surface area contributed by atoms with Crippen LogP contribution in [0.25, 0.3) is 75.1 Å². The second kappa shape index (κ2) is 11.2. The first-order valence-corrected chi connectivity index (χ1v) is 17.4. The van der Waals surface area contributed by atoms with Crippen molar-refractivity contribution in [2.45, 2.75) is 0 Å². The van der Waals surface area contributed by atoms with Gasteiger partial charge in [0, 0.05) is 26.5 Å². The lowest BCUT2D eigenvalue weighted by atomic mass is 9.99. The number of nitrogens with zero attached hydrogens (tertiary/aromatic N) is 1. The van der Waals surface area contributed by atoms with Gasteiger partial charge in [0.05, 0.1) is 21.5 Å². The van der Waals surface area contributed by atoms with Crippen molar-refractivity contribution in [1.29, 1.82) is 0 Å². The Morgan fingerprint density at radius 1 is 0.408 bits per heavy atom. The summed E-state index contributed by atoms with van der Waals surface area (Å²) in [5.41, 5.74) is 9.73. The molecular formula is C46H29NOS. The zero-order chi connectivity index (χ0) is 32.3. The van der Waals surface area contributed by atoms with E-state index in [-0.39, 0.29) is 0 Å². The van der Waals surface area contributed by atoms with Crippen molar-refractivity contribution in [3.05, 3.63) is 176 Å². The van der Waals surface area contributed by atoms with Gasteiger partial charge in [0.25, 0.3) is 0 Å². The molecule has 2 aromatic heterocycles. The second-order valence-electron chi connectivity index (χ2n) is 12.5. The summed E-state index contributed by atoms with van der Waals surface area (Å²) in [6, 6.07) is 63.2. The number of hydrogen-bond donors (Lipinski definition) is 0. The largest absolute Gasteiger partial charge is 0.456 e. The van der Waals surface area contributed by atoms with Crippen molar-refractivity contribution < 1.29 is 4.42 Å². The fourth-order valence-electron chi connectivity index (χ4n) is 7.29. The molecule has 230 valence electrons. The number of thiophene rings is 1. The topological polar surface area (TPSA) is 16.4 Å². The van der Waals surface area contributed by atoms with E-state index in [9.17, 15) is 0 Å². The van der Waals surface area contributed by atoms with Crippen molar-refractivity contribution in [3.8, 4) is 22.3 Å². The fraction of sp³-hybridized carbons (Fsp3) is 0. The van der Waals surface area contributed by atoms with Gasteiger partial charge >= 0.3 is 0 Å². The van der Waals surface area contributed by atoms with Crippen molar-refractivity contribution >= 4 is 81.3 Å². The van der Waals surface area contributed by atoms with Crippen molar-refractivity contribution in [2.75, 3.05) is 4.90 Å². The normalized spacial score (nSPS) is 11.7. The van der Waals surface area contributed by atoms with Gasteiger partial charge in [0.1, 0.15) is 11.2 Å². The van der Waals surface area contributed by atoms with E-state index in [4.69, 9.17) is 4.42 Å². The standard InChI is InChI=1S/C46H29NOS/c1-3-12-30(13-4-1)32-22-24-36(25-23-32)47(40-20-11-19-38-37-18-9-10-21-44(37)49-46(38)40)41-27-35(31-14-5-2-6-15-31)29-43-45(41)39-26-33-16-7-8-17-34(33)28-42(39)48-43/h1-29H. The van der Waals surface area contributed by atoms with Gasteiger partial charge in [-0.1, -0.05) is 127 Å². The number of benzene rings is 8. The summed E-state index contributed by atoms with van der Waals surface area (Å²) in [5, 5.41) is 7.13. The number of furan rings is 1. The summed E-state index contributed by atoms with van der Waals surface area (Å²) in [5.74, 6) is 0. The molecule has 0 aliphatic rings. The lowest BCUT2D eigenvalue weighted by molar-refractivity contribution is 0.669. The molecule has 8 aromatic carbocycles. The van der Waals surface area contributed by atoms with Gasteiger partial charge in [-0.05, 0) is 81.6 Å². The molecule has 0 fully saturated rings. The summed E-state index contributed by atoms with van der Waals surface area (Å²) in [6.45, 7) is 0. The molecule has 10 rings (SSSR count). The first kappa shape index (κ1) is 27.9. The molecule has 2 heterocycles. The van der Waals surface area contributed by atoms with Crippen LogP contribution < -0.4 is 4.90 Å². The van der Waals surface area contributed by atoms with Crippen LogP contribution in [0.4, 0.5) is 17.1 Å². The maximum absolute atomic E-state index is 6.77. The molecule has 2 nitrogen and oxygen atoms in total. The summed E-state index contributed by atoms with van der Waals surface area (Å²) in [6.07, 6.45) is 0. The molecule has 10 aromatic rings. The molecule has 0 N–H and O–H groups in total. The minimum Gasteiger partial charge on any atom is -0.456 e. The first-order valence-electron chi connectivity index (χ1n) is 16.6. The molecule has 3 heteroatoms. The van der Waals surface area contributed by atoms with Gasteiger partial charge < -0.3 is 9.32 Å². The van der Waals surface area contributed by atoms with E-state index in [0.29, 0.717) is 0 Å². The molecule has 0 saturated heterocycles. The quantitative estimate of drug-likeness (QED) is 0.186. The molecule has 0 radical (unpaired) electrons.